The van der Waals surface area contributed by atoms with E-state index in [-0.39, 0.29) is 11.7 Å². The molecule has 2 N–H and O–H groups in total. The quantitative estimate of drug-likeness (QED) is 0.492. The molecule has 174 valence electrons. The van der Waals surface area contributed by atoms with Crippen molar-refractivity contribution in [2.75, 3.05) is 36.8 Å². The number of fused-ring (bicyclic) bond motifs is 1. The number of nitrogens with one attached hydrogen (secondary N) is 2. The molecule has 0 atom stereocenters. The molecule has 5 nitrogen and oxygen atoms in total. The van der Waals surface area contributed by atoms with Crippen LogP contribution in [0.1, 0.15) is 51.1 Å². The number of rotatable bonds is 7. The van der Waals surface area contributed by atoms with E-state index >= 15 is 0 Å². The third kappa shape index (κ3) is 4.62. The first-order valence-corrected chi connectivity index (χ1v) is 12.2. The van der Waals surface area contributed by atoms with Crippen molar-refractivity contribution >= 4 is 23.1 Å². The largest absolute Gasteiger partial charge is 0.384 e. The number of amides is 1. The predicted molar refractivity (Wildman–Crippen MR) is 138 cm³/mol. The molecule has 1 aliphatic carbocycles. The fraction of sp³-hybridized carbons (Fsp3) is 0.310. The molecule has 34 heavy (non-hydrogen) atoms. The molecular weight excluding hydrogens is 422 g/mol. The van der Waals surface area contributed by atoms with Crippen molar-refractivity contribution in [2.24, 2.45) is 0 Å². The molecule has 0 unspecified atom stereocenters. The van der Waals surface area contributed by atoms with Gasteiger partial charge in [0.05, 0.1) is 5.69 Å². The van der Waals surface area contributed by atoms with Gasteiger partial charge < -0.3 is 15.5 Å². The summed E-state index contributed by atoms with van der Waals surface area (Å²) < 4.78 is 0. The van der Waals surface area contributed by atoms with Crippen molar-refractivity contribution in [3.8, 4) is 11.1 Å². The number of hydrogen-bond donors (Lipinski definition) is 2. The molecule has 3 aromatic carbocycles. The monoisotopic (exact) mass is 453 g/mol. The lowest BCUT2D eigenvalue weighted by Crippen LogP contribution is -2.26. The Kier molecular flexibility index (Phi) is 6.45. The second-order valence-corrected chi connectivity index (χ2v) is 9.26. The molecular formula is C29H31N3O2. The maximum absolute atomic E-state index is 13.1. The summed E-state index contributed by atoms with van der Waals surface area (Å²) in [5, 5.41) is 6.49. The van der Waals surface area contributed by atoms with Gasteiger partial charge in [-0.3, -0.25) is 9.59 Å². The van der Waals surface area contributed by atoms with E-state index in [2.05, 4.69) is 27.7 Å². The summed E-state index contributed by atoms with van der Waals surface area (Å²) >= 11 is 0. The van der Waals surface area contributed by atoms with Crippen LogP contribution in [0.25, 0.3) is 11.1 Å². The van der Waals surface area contributed by atoms with Crippen molar-refractivity contribution in [1.29, 1.82) is 0 Å². The molecule has 3 aromatic rings. The molecule has 0 aromatic heterocycles. The van der Waals surface area contributed by atoms with E-state index in [1.165, 1.54) is 25.9 Å². The second kappa shape index (κ2) is 9.82. The van der Waals surface area contributed by atoms with E-state index in [0.29, 0.717) is 29.7 Å². The maximum atomic E-state index is 13.1. The number of hydrogen-bond acceptors (Lipinski definition) is 4. The molecule has 0 radical (unpaired) electrons. The number of nitrogens with zero attached hydrogens (tertiary/aromatic N) is 1. The van der Waals surface area contributed by atoms with Crippen molar-refractivity contribution in [1.82, 2.24) is 4.90 Å². The maximum Gasteiger partial charge on any atom is 0.255 e. The molecule has 5 heteroatoms. The lowest BCUT2D eigenvalue weighted by molar-refractivity contribution is 0.0995. The van der Waals surface area contributed by atoms with E-state index < -0.39 is 0 Å². The van der Waals surface area contributed by atoms with Gasteiger partial charge in [-0.05, 0) is 85.8 Å². The van der Waals surface area contributed by atoms with E-state index in [0.717, 1.165) is 41.0 Å². The molecule has 0 spiro atoms. The minimum absolute atomic E-state index is 0.0948. The summed E-state index contributed by atoms with van der Waals surface area (Å²) in [6.07, 6.45) is 3.79. The number of carbonyl (C=O) groups excluding carboxylic acids is 2. The Hall–Kier alpha value is -3.44. The minimum atomic E-state index is -0.185. The van der Waals surface area contributed by atoms with Gasteiger partial charge in [-0.25, -0.2) is 0 Å². The van der Waals surface area contributed by atoms with E-state index in [4.69, 9.17) is 0 Å². The zero-order chi connectivity index (χ0) is 23.5. The minimum Gasteiger partial charge on any atom is -0.384 e. The van der Waals surface area contributed by atoms with Crippen molar-refractivity contribution in [2.45, 2.75) is 32.6 Å². The molecule has 1 aliphatic heterocycles. The average molecular weight is 454 g/mol. The summed E-state index contributed by atoms with van der Waals surface area (Å²) in [6.45, 7) is 6.28. The van der Waals surface area contributed by atoms with Crippen molar-refractivity contribution in [3.63, 3.8) is 0 Å². The first-order valence-electron chi connectivity index (χ1n) is 12.2. The highest BCUT2D eigenvalue weighted by molar-refractivity contribution is 6.13. The Bertz CT molecular complexity index is 1210. The third-order valence-electron chi connectivity index (χ3n) is 6.95. The van der Waals surface area contributed by atoms with Gasteiger partial charge in [0.2, 0.25) is 0 Å². The SMILES string of the molecule is Cc1cc(NCCN2CCCC2)ccc1C(=O)Nc1ccc(-c2ccccc2)c2c1C(=O)CC2. The van der Waals surface area contributed by atoms with Crippen molar-refractivity contribution in [3.05, 3.63) is 82.9 Å². The highest BCUT2D eigenvalue weighted by Crippen LogP contribution is 2.37. The number of ketones is 1. The molecule has 0 bridgehead atoms. The third-order valence-corrected chi connectivity index (χ3v) is 6.95. The lowest BCUT2D eigenvalue weighted by Gasteiger charge is -2.16. The van der Waals surface area contributed by atoms with Gasteiger partial charge >= 0.3 is 0 Å². The summed E-state index contributed by atoms with van der Waals surface area (Å²) in [6, 6.07) is 19.8. The van der Waals surface area contributed by atoms with Crippen LogP contribution in [0.15, 0.2) is 60.7 Å². The fourth-order valence-electron chi connectivity index (χ4n) is 5.16. The number of benzene rings is 3. The van der Waals surface area contributed by atoms with Gasteiger partial charge in [-0.1, -0.05) is 36.4 Å². The first-order chi connectivity index (χ1) is 16.6. The predicted octanol–water partition coefficient (Wildman–Crippen LogP) is 5.55. The van der Waals surface area contributed by atoms with Crippen LogP contribution in [0.4, 0.5) is 11.4 Å². The Balaban J connectivity index is 1.31. The van der Waals surface area contributed by atoms with Gasteiger partial charge in [0.25, 0.3) is 5.91 Å². The normalized spacial score (nSPS) is 15.4. The van der Waals surface area contributed by atoms with Crippen LogP contribution < -0.4 is 10.6 Å². The molecule has 2 aliphatic rings. The smallest absolute Gasteiger partial charge is 0.255 e. The van der Waals surface area contributed by atoms with Crippen LogP contribution in [-0.4, -0.2) is 42.8 Å². The summed E-state index contributed by atoms with van der Waals surface area (Å²) in [5.74, 6) is -0.0900. The number of likely N-dealkylation sites (tertiary alicyclic amines) is 1. The summed E-state index contributed by atoms with van der Waals surface area (Å²) in [4.78, 5) is 28.4. The average Bonchev–Trinajstić information content (AvgIpc) is 3.50. The van der Waals surface area contributed by atoms with Crippen molar-refractivity contribution < 1.29 is 9.59 Å². The molecule has 1 saturated heterocycles. The van der Waals surface area contributed by atoms with Gasteiger partial charge in [0.15, 0.2) is 5.78 Å². The zero-order valence-electron chi connectivity index (χ0n) is 19.7. The van der Waals surface area contributed by atoms with E-state index in [1.54, 1.807) is 0 Å². The number of anilines is 2. The van der Waals surface area contributed by atoms with Crippen LogP contribution in [0, 0.1) is 6.92 Å². The number of carbonyl (C=O) groups is 2. The lowest BCUT2D eigenvalue weighted by atomic mass is 9.95. The Morgan fingerprint density at radius 3 is 2.53 bits per heavy atom. The standard InChI is InChI=1S/C29H31N3O2/c1-20-19-22(30-15-18-32-16-5-6-17-32)9-10-23(20)29(34)31-26-13-11-24(21-7-3-2-4-8-21)25-12-14-27(33)28(25)26/h2-4,7-11,13,19,30H,5-6,12,14-18H2,1H3,(H,31,34). The van der Waals surface area contributed by atoms with Gasteiger partial charge in [-0.2, -0.15) is 0 Å². The zero-order valence-corrected chi connectivity index (χ0v) is 19.7. The Morgan fingerprint density at radius 2 is 1.76 bits per heavy atom. The molecule has 1 amide bonds. The van der Waals surface area contributed by atoms with Gasteiger partial charge in [-0.15, -0.1) is 0 Å². The summed E-state index contributed by atoms with van der Waals surface area (Å²) in [5.41, 5.74) is 7.01. The van der Waals surface area contributed by atoms with Crippen LogP contribution >= 0.6 is 0 Å². The topological polar surface area (TPSA) is 61.4 Å². The molecule has 1 heterocycles. The van der Waals surface area contributed by atoms with Gasteiger partial charge in [0.1, 0.15) is 0 Å². The molecule has 1 fully saturated rings. The Labute approximate surface area is 201 Å². The van der Waals surface area contributed by atoms with Crippen LogP contribution in [-0.2, 0) is 6.42 Å². The molecule has 0 saturated carbocycles. The second-order valence-electron chi connectivity index (χ2n) is 9.26. The highest BCUT2D eigenvalue weighted by Gasteiger charge is 2.27. The highest BCUT2D eigenvalue weighted by atomic mass is 16.2. The fourth-order valence-corrected chi connectivity index (χ4v) is 5.16. The van der Waals surface area contributed by atoms with Crippen LogP contribution in [0.2, 0.25) is 0 Å². The number of Topliss-reactive ketones (excluding diaryl/α,β-unsaturated/α-hetero) is 1. The van der Waals surface area contributed by atoms with Crippen LogP contribution in [0.3, 0.4) is 0 Å². The van der Waals surface area contributed by atoms with Crippen LogP contribution in [0.5, 0.6) is 0 Å². The summed E-state index contributed by atoms with van der Waals surface area (Å²) in [7, 11) is 0. The van der Waals surface area contributed by atoms with Gasteiger partial charge in [0, 0.05) is 36.3 Å². The van der Waals surface area contributed by atoms with E-state index in [9.17, 15) is 9.59 Å². The number of aryl methyl sites for hydroxylation is 1. The molecule has 5 rings (SSSR count). The first kappa shape index (κ1) is 22.4. The van der Waals surface area contributed by atoms with E-state index in [1.807, 2.05) is 55.5 Å². The Morgan fingerprint density at radius 1 is 0.971 bits per heavy atom.